The van der Waals surface area contributed by atoms with E-state index >= 15 is 0 Å². The zero-order chi connectivity index (χ0) is 20.8. The minimum absolute atomic E-state index is 0.196. The fraction of sp³-hybridized carbons (Fsp3) is 0.105. The van der Waals surface area contributed by atoms with Crippen molar-refractivity contribution in [2.75, 3.05) is 5.73 Å². The summed E-state index contributed by atoms with van der Waals surface area (Å²) in [5.41, 5.74) is 6.73. The third-order valence-corrected chi connectivity index (χ3v) is 5.28. The molecule has 0 radical (unpaired) electrons. The minimum atomic E-state index is -4.55. The highest BCUT2D eigenvalue weighted by atomic mass is 32.2. The molecule has 3 heterocycles. The van der Waals surface area contributed by atoms with Crippen LogP contribution in [0.4, 0.5) is 18.9 Å². The molecule has 6 nitrogen and oxygen atoms in total. The van der Waals surface area contributed by atoms with Crippen molar-refractivity contribution in [3.8, 4) is 11.3 Å². The summed E-state index contributed by atoms with van der Waals surface area (Å²) in [6.07, 6.45) is -0.841. The maximum Gasteiger partial charge on any atom is 0.494 e. The molecule has 0 fully saturated rings. The summed E-state index contributed by atoms with van der Waals surface area (Å²) >= 11 is 1.30. The summed E-state index contributed by atoms with van der Waals surface area (Å²) in [5, 5.41) is 0.230. The number of anilines is 1. The lowest BCUT2D eigenvalue weighted by Crippen LogP contribution is -2.30. The number of aromatic nitrogens is 4. The van der Waals surface area contributed by atoms with Gasteiger partial charge in [-0.05, 0) is 37.1 Å². The zero-order valence-electron chi connectivity index (χ0n) is 15.0. The summed E-state index contributed by atoms with van der Waals surface area (Å²) in [6, 6.07) is 8.70. The lowest BCUT2D eigenvalue weighted by Gasteiger charge is -2.07. The fourth-order valence-electron chi connectivity index (χ4n) is 2.88. The van der Waals surface area contributed by atoms with Gasteiger partial charge in [0.25, 0.3) is 0 Å². The molecule has 0 bridgehead atoms. The Balaban J connectivity index is 1.94. The number of benzene rings is 1. The number of alkyl halides is 3. The van der Waals surface area contributed by atoms with Crippen LogP contribution in [0.25, 0.3) is 22.3 Å². The van der Waals surface area contributed by atoms with Crippen molar-refractivity contribution < 1.29 is 18.2 Å². The molecule has 0 saturated carbocycles. The van der Waals surface area contributed by atoms with Gasteiger partial charge >= 0.3 is 11.9 Å². The number of nitrogens with one attached hydrogen (secondary N) is 2. The molecular weight excluding hydrogens is 403 g/mol. The van der Waals surface area contributed by atoms with E-state index in [1.807, 2.05) is 31.2 Å². The number of nitrogens with two attached hydrogens (primary N) is 1. The summed E-state index contributed by atoms with van der Waals surface area (Å²) in [7, 11) is 0. The molecule has 0 aliphatic rings. The van der Waals surface area contributed by atoms with Gasteiger partial charge in [-0.25, -0.2) is 15.0 Å². The molecule has 0 spiro atoms. The van der Waals surface area contributed by atoms with Crippen LogP contribution in [0.1, 0.15) is 11.1 Å². The van der Waals surface area contributed by atoms with Crippen LogP contribution in [-0.2, 0) is 6.18 Å². The van der Waals surface area contributed by atoms with E-state index in [0.29, 0.717) is 11.2 Å². The van der Waals surface area contributed by atoms with Gasteiger partial charge in [0.05, 0.1) is 11.1 Å². The SMILES string of the molecule is Cc1ccc(Sn2cc(-c3[nH]c(=O)[nH+]cc3N)c3cc(C(F)(F)F)cnc32)cc1. The van der Waals surface area contributed by atoms with E-state index in [2.05, 4.69) is 15.0 Å². The maximum absolute atomic E-state index is 13.2. The van der Waals surface area contributed by atoms with Gasteiger partial charge in [0.2, 0.25) is 0 Å². The highest BCUT2D eigenvalue weighted by molar-refractivity contribution is 7.98. The van der Waals surface area contributed by atoms with Crippen LogP contribution in [0, 0.1) is 6.92 Å². The van der Waals surface area contributed by atoms with E-state index in [9.17, 15) is 18.0 Å². The number of H-pyrrole nitrogens is 2. The molecule has 29 heavy (non-hydrogen) atoms. The summed E-state index contributed by atoms with van der Waals surface area (Å²) in [5.74, 6) is 0. The van der Waals surface area contributed by atoms with Gasteiger partial charge in [0.15, 0.2) is 11.3 Å². The Hall–Kier alpha value is -3.27. The first kappa shape index (κ1) is 19.1. The van der Waals surface area contributed by atoms with Gasteiger partial charge < -0.3 is 5.73 Å². The van der Waals surface area contributed by atoms with Gasteiger partial charge in [-0.15, -0.1) is 0 Å². The average molecular weight is 418 g/mol. The standard InChI is InChI=1S/C19H14F3N5OS/c1-10-2-4-12(5-3-10)29-27-9-14(16-15(23)8-25-18(28)26-16)13-6-11(19(20,21)22)7-24-17(13)27/h2-9H,23H2,1H3,(H,25,26,28)/p+1. The van der Waals surface area contributed by atoms with Gasteiger partial charge in [0.1, 0.15) is 11.9 Å². The van der Waals surface area contributed by atoms with Gasteiger partial charge in [0, 0.05) is 22.7 Å². The number of hydrogen-bond donors (Lipinski definition) is 2. The van der Waals surface area contributed by atoms with Crippen LogP contribution in [0.3, 0.4) is 0 Å². The average Bonchev–Trinajstić information content (AvgIpc) is 3.02. The Morgan fingerprint density at radius 2 is 1.97 bits per heavy atom. The third-order valence-electron chi connectivity index (χ3n) is 4.32. The molecule has 148 valence electrons. The monoisotopic (exact) mass is 418 g/mol. The Kier molecular flexibility index (Phi) is 4.58. The van der Waals surface area contributed by atoms with Crippen molar-refractivity contribution in [2.24, 2.45) is 0 Å². The van der Waals surface area contributed by atoms with Gasteiger partial charge in [-0.2, -0.15) is 18.0 Å². The van der Waals surface area contributed by atoms with Crippen LogP contribution in [0.5, 0.6) is 0 Å². The third kappa shape index (κ3) is 3.70. The number of nitrogen functional groups attached to an aromatic ring is 1. The maximum atomic E-state index is 13.2. The van der Waals surface area contributed by atoms with Crippen molar-refractivity contribution in [2.45, 2.75) is 18.0 Å². The molecule has 0 amide bonds. The van der Waals surface area contributed by atoms with E-state index in [1.165, 1.54) is 18.1 Å². The van der Waals surface area contributed by atoms with Crippen LogP contribution in [0.2, 0.25) is 0 Å². The van der Waals surface area contributed by atoms with E-state index in [1.54, 1.807) is 10.2 Å². The molecule has 4 rings (SSSR count). The Morgan fingerprint density at radius 3 is 2.66 bits per heavy atom. The van der Waals surface area contributed by atoms with E-state index in [0.717, 1.165) is 22.7 Å². The summed E-state index contributed by atoms with van der Waals surface area (Å²) in [6.45, 7) is 1.96. The second-order valence-corrected chi connectivity index (χ2v) is 7.49. The van der Waals surface area contributed by atoms with Crippen molar-refractivity contribution >= 4 is 28.7 Å². The van der Waals surface area contributed by atoms with Gasteiger partial charge in [-0.1, -0.05) is 17.7 Å². The number of halogens is 3. The molecule has 4 N–H and O–H groups in total. The van der Waals surface area contributed by atoms with Crippen LogP contribution in [0.15, 0.2) is 58.6 Å². The van der Waals surface area contributed by atoms with Crippen LogP contribution in [-0.4, -0.2) is 13.9 Å². The van der Waals surface area contributed by atoms with Crippen molar-refractivity contribution in [1.29, 1.82) is 0 Å². The van der Waals surface area contributed by atoms with E-state index in [4.69, 9.17) is 5.73 Å². The summed E-state index contributed by atoms with van der Waals surface area (Å²) < 4.78 is 41.4. The lowest BCUT2D eigenvalue weighted by atomic mass is 10.1. The second kappa shape index (κ2) is 6.96. The number of pyridine rings is 1. The normalized spacial score (nSPS) is 11.9. The molecule has 3 aromatic heterocycles. The zero-order valence-corrected chi connectivity index (χ0v) is 15.9. The van der Waals surface area contributed by atoms with Gasteiger partial charge in [-0.3, -0.25) is 3.97 Å². The molecule has 0 aliphatic carbocycles. The Morgan fingerprint density at radius 1 is 1.24 bits per heavy atom. The second-order valence-electron chi connectivity index (χ2n) is 6.44. The Bertz CT molecular complexity index is 1260. The van der Waals surface area contributed by atoms with Crippen LogP contribution < -0.4 is 16.4 Å². The lowest BCUT2D eigenvalue weighted by molar-refractivity contribution is -0.401. The highest BCUT2D eigenvalue weighted by Crippen LogP contribution is 2.38. The first-order chi connectivity index (χ1) is 13.7. The number of nitrogens with zero attached hydrogens (tertiary/aromatic N) is 2. The van der Waals surface area contributed by atoms with E-state index < -0.39 is 17.4 Å². The molecule has 4 aromatic rings. The predicted molar refractivity (Wildman–Crippen MR) is 104 cm³/mol. The number of aryl methyl sites for hydroxylation is 1. The molecule has 0 unspecified atom stereocenters. The largest absolute Gasteiger partial charge is 0.494 e. The molecule has 0 saturated heterocycles. The predicted octanol–water partition coefficient (Wildman–Crippen LogP) is 3.67. The number of hydrogen-bond acceptors (Lipinski definition) is 4. The minimum Gasteiger partial charge on any atom is -0.392 e. The van der Waals surface area contributed by atoms with Crippen molar-refractivity contribution in [3.63, 3.8) is 0 Å². The molecular formula is C19H15F3N5OS+. The highest BCUT2D eigenvalue weighted by Gasteiger charge is 2.32. The number of fused-ring (bicyclic) bond motifs is 1. The van der Waals surface area contributed by atoms with Crippen molar-refractivity contribution in [1.82, 2.24) is 13.9 Å². The topological polar surface area (TPSA) is 90.8 Å². The fourth-order valence-corrected chi connectivity index (χ4v) is 3.75. The van der Waals surface area contributed by atoms with Crippen molar-refractivity contribution in [3.05, 3.63) is 70.5 Å². The first-order valence-corrected chi connectivity index (χ1v) is 9.24. The van der Waals surface area contributed by atoms with E-state index in [-0.39, 0.29) is 16.8 Å². The quantitative estimate of drug-likeness (QED) is 0.531. The Labute approximate surface area is 166 Å². The smallest absolute Gasteiger partial charge is 0.392 e. The number of rotatable bonds is 3. The summed E-state index contributed by atoms with van der Waals surface area (Å²) in [4.78, 5) is 21.6. The molecule has 10 heteroatoms. The first-order valence-electron chi connectivity index (χ1n) is 8.46. The molecule has 0 aliphatic heterocycles. The molecule has 0 atom stereocenters. The molecule has 1 aromatic carbocycles. The number of aromatic amines is 2. The van der Waals surface area contributed by atoms with Crippen LogP contribution >= 0.6 is 11.9 Å².